The van der Waals surface area contributed by atoms with Gasteiger partial charge in [-0.3, -0.25) is 14.4 Å². The number of hydrogen-bond donors (Lipinski definition) is 7. The maximum absolute atomic E-state index is 13.8. The number of carbonyl (C=O) groups is 4. The monoisotopic (exact) mass is 592 g/mol. The van der Waals surface area contributed by atoms with Gasteiger partial charge in [-0.25, -0.2) is 4.79 Å². The molecule has 0 aliphatic heterocycles. The molecule has 0 radical (unpaired) electrons. The van der Waals surface area contributed by atoms with Crippen LogP contribution in [0.15, 0.2) is 60.8 Å². The van der Waals surface area contributed by atoms with E-state index in [0.29, 0.717) is 19.4 Å². The van der Waals surface area contributed by atoms with Crippen molar-refractivity contribution in [1.82, 2.24) is 20.9 Å². The van der Waals surface area contributed by atoms with Crippen LogP contribution >= 0.6 is 0 Å². The number of unbranched alkanes of at least 4 members (excludes halogenated alkanes) is 1. The van der Waals surface area contributed by atoms with Crippen molar-refractivity contribution in [3.63, 3.8) is 0 Å². The zero-order valence-corrected chi connectivity index (χ0v) is 24.8. The summed E-state index contributed by atoms with van der Waals surface area (Å²) in [5.74, 6) is -2.83. The number of aromatic amines is 1. The maximum atomic E-state index is 13.8. The predicted molar refractivity (Wildman–Crippen MR) is 166 cm³/mol. The first kappa shape index (κ1) is 33.3. The molecule has 0 saturated carbocycles. The summed E-state index contributed by atoms with van der Waals surface area (Å²) in [4.78, 5) is 55.4. The van der Waals surface area contributed by atoms with Crippen molar-refractivity contribution in [2.24, 2.45) is 17.4 Å². The van der Waals surface area contributed by atoms with Gasteiger partial charge in [-0.1, -0.05) is 68.8 Å². The number of hydrogen-bond acceptors (Lipinski definition) is 6. The molecule has 3 amide bonds. The summed E-state index contributed by atoms with van der Waals surface area (Å²) in [6.45, 7) is 4.23. The number of rotatable bonds is 17. The summed E-state index contributed by atoms with van der Waals surface area (Å²) in [7, 11) is 0. The zero-order chi connectivity index (χ0) is 31.4. The van der Waals surface area contributed by atoms with Crippen LogP contribution in [0, 0.1) is 5.92 Å². The van der Waals surface area contributed by atoms with E-state index in [-0.39, 0.29) is 25.2 Å². The lowest BCUT2D eigenvalue weighted by molar-refractivity contribution is -0.142. The van der Waals surface area contributed by atoms with Crippen LogP contribution in [0.25, 0.3) is 10.9 Å². The fourth-order valence-corrected chi connectivity index (χ4v) is 4.94. The summed E-state index contributed by atoms with van der Waals surface area (Å²) in [5.41, 5.74) is 14.1. The third kappa shape index (κ3) is 10.2. The van der Waals surface area contributed by atoms with Crippen molar-refractivity contribution in [3.8, 4) is 0 Å². The summed E-state index contributed by atoms with van der Waals surface area (Å²) >= 11 is 0. The number of amides is 3. The van der Waals surface area contributed by atoms with Gasteiger partial charge in [-0.2, -0.15) is 0 Å². The Morgan fingerprint density at radius 2 is 1.42 bits per heavy atom. The van der Waals surface area contributed by atoms with E-state index in [1.807, 2.05) is 68.4 Å². The molecule has 11 heteroatoms. The van der Waals surface area contributed by atoms with Crippen LogP contribution in [0.1, 0.15) is 50.7 Å². The minimum Gasteiger partial charge on any atom is -0.480 e. The first-order chi connectivity index (χ1) is 20.6. The second kappa shape index (κ2) is 16.4. The van der Waals surface area contributed by atoms with E-state index in [9.17, 15) is 24.3 Å². The molecule has 11 nitrogen and oxygen atoms in total. The Balaban J connectivity index is 1.87. The number of carbonyl (C=O) groups excluding carboxylic acids is 3. The highest BCUT2D eigenvalue weighted by molar-refractivity contribution is 5.95. The molecule has 232 valence electrons. The first-order valence-electron chi connectivity index (χ1n) is 14.8. The van der Waals surface area contributed by atoms with Crippen LogP contribution in [0.3, 0.4) is 0 Å². The van der Waals surface area contributed by atoms with Crippen LogP contribution in [-0.4, -0.2) is 64.5 Å². The highest BCUT2D eigenvalue weighted by Crippen LogP contribution is 2.20. The van der Waals surface area contributed by atoms with Gasteiger partial charge in [-0.15, -0.1) is 0 Å². The lowest BCUT2D eigenvalue weighted by atomic mass is 10.00. The smallest absolute Gasteiger partial charge is 0.326 e. The number of carboxylic acids is 1. The number of benzene rings is 2. The molecule has 0 spiro atoms. The fourth-order valence-electron chi connectivity index (χ4n) is 4.94. The minimum atomic E-state index is -1.16. The number of aliphatic carboxylic acids is 1. The molecule has 0 fully saturated rings. The molecule has 0 saturated heterocycles. The molecule has 43 heavy (non-hydrogen) atoms. The summed E-state index contributed by atoms with van der Waals surface area (Å²) in [6.07, 6.45) is 4.08. The number of fused-ring (bicyclic) bond motifs is 1. The van der Waals surface area contributed by atoms with Crippen molar-refractivity contribution < 1.29 is 24.3 Å². The van der Waals surface area contributed by atoms with Crippen LogP contribution in [-0.2, 0) is 32.0 Å². The van der Waals surface area contributed by atoms with Crippen LogP contribution in [0.5, 0.6) is 0 Å². The molecule has 3 aromatic rings. The quantitative estimate of drug-likeness (QED) is 0.117. The minimum absolute atomic E-state index is 0.0163. The number of carboxylic acid groups (broad SMARTS) is 1. The van der Waals surface area contributed by atoms with E-state index < -0.39 is 47.9 Å². The first-order valence-corrected chi connectivity index (χ1v) is 14.8. The average Bonchev–Trinajstić information content (AvgIpc) is 3.39. The number of para-hydroxylation sites is 1. The van der Waals surface area contributed by atoms with Gasteiger partial charge < -0.3 is 37.5 Å². The predicted octanol–water partition coefficient (Wildman–Crippen LogP) is 1.99. The molecular weight excluding hydrogens is 548 g/mol. The van der Waals surface area contributed by atoms with Crippen molar-refractivity contribution in [3.05, 3.63) is 71.9 Å². The topological polar surface area (TPSA) is 192 Å². The van der Waals surface area contributed by atoms with E-state index in [1.54, 1.807) is 6.20 Å². The van der Waals surface area contributed by atoms with Gasteiger partial charge in [0.15, 0.2) is 0 Å². The lowest BCUT2D eigenvalue weighted by Crippen LogP contribution is -2.58. The Morgan fingerprint density at radius 1 is 0.814 bits per heavy atom. The van der Waals surface area contributed by atoms with Gasteiger partial charge in [0.1, 0.15) is 18.1 Å². The van der Waals surface area contributed by atoms with E-state index >= 15 is 0 Å². The average molecular weight is 593 g/mol. The molecular formula is C32H44N6O5. The van der Waals surface area contributed by atoms with Gasteiger partial charge in [0.25, 0.3) is 0 Å². The van der Waals surface area contributed by atoms with Gasteiger partial charge in [-0.05, 0) is 48.9 Å². The normalized spacial score (nSPS) is 14.1. The standard InChI is InChI=1S/C32H44N6O5/c1-20(2)16-28(32(42)43)38-31(41)27(18-22-19-35-25-14-7-6-12-23(22)25)37-30(40)26(17-21-10-4-3-5-11-21)36-29(39)24(34)13-8-9-15-33/h3-7,10-12,14,19-20,24,26-28,35H,8-9,13,15-18,33-34H2,1-2H3,(H,36,39)(H,37,40)(H,38,41)(H,42,43). The number of nitrogens with one attached hydrogen (secondary N) is 4. The molecule has 0 bridgehead atoms. The Hall–Kier alpha value is -4.22. The zero-order valence-electron chi connectivity index (χ0n) is 24.8. The van der Waals surface area contributed by atoms with Gasteiger partial charge in [0.2, 0.25) is 17.7 Å². The Kier molecular flexibility index (Phi) is 12.7. The number of H-pyrrole nitrogens is 1. The van der Waals surface area contributed by atoms with Crippen molar-refractivity contribution in [2.45, 2.75) is 76.5 Å². The largest absolute Gasteiger partial charge is 0.480 e. The molecule has 0 aliphatic rings. The Morgan fingerprint density at radius 3 is 2.07 bits per heavy atom. The molecule has 3 rings (SSSR count). The van der Waals surface area contributed by atoms with Gasteiger partial charge in [0, 0.05) is 29.9 Å². The second-order valence-electron chi connectivity index (χ2n) is 11.3. The van der Waals surface area contributed by atoms with Crippen molar-refractivity contribution >= 4 is 34.6 Å². The van der Waals surface area contributed by atoms with E-state index in [4.69, 9.17) is 11.5 Å². The van der Waals surface area contributed by atoms with Gasteiger partial charge in [0.05, 0.1) is 6.04 Å². The third-order valence-corrected chi connectivity index (χ3v) is 7.28. The highest BCUT2D eigenvalue weighted by atomic mass is 16.4. The Labute approximate surface area is 252 Å². The maximum Gasteiger partial charge on any atom is 0.326 e. The molecule has 1 heterocycles. The van der Waals surface area contributed by atoms with Crippen LogP contribution < -0.4 is 27.4 Å². The van der Waals surface area contributed by atoms with E-state index in [2.05, 4.69) is 20.9 Å². The lowest BCUT2D eigenvalue weighted by Gasteiger charge is -2.26. The van der Waals surface area contributed by atoms with E-state index in [0.717, 1.165) is 28.5 Å². The van der Waals surface area contributed by atoms with Crippen LogP contribution in [0.2, 0.25) is 0 Å². The SMILES string of the molecule is CC(C)CC(NC(=O)C(Cc1c[nH]c2ccccc12)NC(=O)C(Cc1ccccc1)NC(=O)C(N)CCCCN)C(=O)O. The molecule has 1 aromatic heterocycles. The molecule has 2 aromatic carbocycles. The van der Waals surface area contributed by atoms with E-state index in [1.165, 1.54) is 0 Å². The molecule has 9 N–H and O–H groups in total. The Bertz CT molecular complexity index is 1360. The molecule has 0 aliphatic carbocycles. The summed E-state index contributed by atoms with van der Waals surface area (Å²) < 4.78 is 0. The second-order valence-corrected chi connectivity index (χ2v) is 11.3. The van der Waals surface area contributed by atoms with Crippen molar-refractivity contribution in [2.75, 3.05) is 6.54 Å². The summed E-state index contributed by atoms with van der Waals surface area (Å²) in [6, 6.07) is 12.7. The molecule has 4 atom stereocenters. The third-order valence-electron chi connectivity index (χ3n) is 7.28. The van der Waals surface area contributed by atoms with Crippen LogP contribution in [0.4, 0.5) is 0 Å². The summed E-state index contributed by atoms with van der Waals surface area (Å²) in [5, 5.41) is 18.8. The number of aromatic nitrogens is 1. The van der Waals surface area contributed by atoms with Gasteiger partial charge >= 0.3 is 5.97 Å². The number of nitrogens with two attached hydrogens (primary N) is 2. The molecule has 4 unspecified atom stereocenters. The highest BCUT2D eigenvalue weighted by Gasteiger charge is 2.31. The fraction of sp³-hybridized carbons (Fsp3) is 0.438. The van der Waals surface area contributed by atoms with Crippen molar-refractivity contribution in [1.29, 1.82) is 0 Å².